The normalized spacial score (nSPS) is 10.2. The Morgan fingerprint density at radius 3 is 2.73 bits per heavy atom. The summed E-state index contributed by atoms with van der Waals surface area (Å²) in [5, 5.41) is 12.5. The molecule has 1 aromatic carbocycles. The summed E-state index contributed by atoms with van der Waals surface area (Å²) < 4.78 is 1.46. The minimum Gasteiger partial charge on any atom is -0.475 e. The quantitative estimate of drug-likeness (QED) is 0.798. The highest BCUT2D eigenvalue weighted by molar-refractivity contribution is 5.82. The van der Waals surface area contributed by atoms with Crippen molar-refractivity contribution in [3.63, 3.8) is 0 Å². The van der Waals surface area contributed by atoms with E-state index >= 15 is 0 Å². The van der Waals surface area contributed by atoms with Crippen LogP contribution in [0.3, 0.4) is 0 Å². The zero-order chi connectivity index (χ0) is 10.8. The fourth-order valence-corrected chi connectivity index (χ4v) is 1.30. The molecule has 5 heteroatoms. The van der Waals surface area contributed by atoms with Crippen molar-refractivity contribution in [2.24, 2.45) is 0 Å². The molecule has 0 aliphatic rings. The van der Waals surface area contributed by atoms with E-state index in [9.17, 15) is 4.79 Å². The van der Waals surface area contributed by atoms with Crippen LogP contribution in [0.1, 0.15) is 16.2 Å². The molecule has 5 nitrogen and oxygen atoms in total. The zero-order valence-corrected chi connectivity index (χ0v) is 8.08. The Hall–Kier alpha value is -2.17. The molecular formula is C10H9N3O2. The monoisotopic (exact) mass is 203 g/mol. The summed E-state index contributed by atoms with van der Waals surface area (Å²) in [5.41, 5.74) is 1.84. The van der Waals surface area contributed by atoms with Crippen molar-refractivity contribution in [1.29, 1.82) is 0 Å². The minimum atomic E-state index is -1.12. The Morgan fingerprint density at radius 2 is 2.13 bits per heavy atom. The molecule has 0 aliphatic heterocycles. The largest absolute Gasteiger partial charge is 0.475 e. The van der Waals surface area contributed by atoms with Crippen LogP contribution >= 0.6 is 0 Å². The summed E-state index contributed by atoms with van der Waals surface area (Å²) in [6.45, 7) is 1.93. The summed E-state index contributed by atoms with van der Waals surface area (Å²) in [5.74, 6) is -1.32. The number of carboxylic acids is 1. The van der Waals surface area contributed by atoms with Crippen LogP contribution in [0.15, 0.2) is 30.6 Å². The molecule has 2 aromatic rings. The Kier molecular flexibility index (Phi) is 2.21. The van der Waals surface area contributed by atoms with Gasteiger partial charge in [-0.3, -0.25) is 0 Å². The van der Waals surface area contributed by atoms with Crippen LogP contribution in [0.5, 0.6) is 0 Å². The van der Waals surface area contributed by atoms with Crippen LogP contribution < -0.4 is 0 Å². The molecule has 0 spiro atoms. The minimum absolute atomic E-state index is 0.196. The molecule has 15 heavy (non-hydrogen) atoms. The third-order valence-corrected chi connectivity index (χ3v) is 2.05. The average molecular weight is 203 g/mol. The summed E-state index contributed by atoms with van der Waals surface area (Å²) in [6.07, 6.45) is 1.39. The molecule has 0 saturated heterocycles. The van der Waals surface area contributed by atoms with E-state index in [-0.39, 0.29) is 5.82 Å². The lowest BCUT2D eigenvalue weighted by Crippen LogP contribution is -2.02. The maximum atomic E-state index is 10.6. The van der Waals surface area contributed by atoms with E-state index in [1.54, 1.807) is 0 Å². The van der Waals surface area contributed by atoms with Crippen molar-refractivity contribution in [2.75, 3.05) is 0 Å². The lowest BCUT2D eigenvalue weighted by Gasteiger charge is -2.02. The fourth-order valence-electron chi connectivity index (χ4n) is 1.30. The maximum Gasteiger partial charge on any atom is 0.375 e. The lowest BCUT2D eigenvalue weighted by atomic mass is 10.2. The van der Waals surface area contributed by atoms with E-state index in [2.05, 4.69) is 10.1 Å². The van der Waals surface area contributed by atoms with E-state index in [0.717, 1.165) is 11.3 Å². The number of aromatic nitrogens is 3. The Balaban J connectivity index is 2.46. The molecule has 1 heterocycles. The molecule has 0 fully saturated rings. The summed E-state index contributed by atoms with van der Waals surface area (Å²) in [6, 6.07) is 7.56. The lowest BCUT2D eigenvalue weighted by molar-refractivity contribution is 0.0683. The van der Waals surface area contributed by atoms with Crippen molar-refractivity contribution >= 4 is 5.97 Å². The first-order chi connectivity index (χ1) is 7.18. The SMILES string of the molecule is Cc1ccccc1-n1cnc(C(=O)O)n1. The van der Waals surface area contributed by atoms with Crippen molar-refractivity contribution < 1.29 is 9.90 Å². The summed E-state index contributed by atoms with van der Waals surface area (Å²) >= 11 is 0. The van der Waals surface area contributed by atoms with E-state index in [0.29, 0.717) is 0 Å². The Bertz CT molecular complexity index is 505. The molecule has 76 valence electrons. The molecule has 0 atom stereocenters. The third kappa shape index (κ3) is 1.71. The predicted molar refractivity (Wildman–Crippen MR) is 53.1 cm³/mol. The maximum absolute atomic E-state index is 10.6. The van der Waals surface area contributed by atoms with Crippen LogP contribution in [-0.4, -0.2) is 25.8 Å². The van der Waals surface area contributed by atoms with Crippen molar-refractivity contribution in [2.45, 2.75) is 6.92 Å². The molecule has 0 unspecified atom stereocenters. The van der Waals surface area contributed by atoms with Crippen LogP contribution in [0.4, 0.5) is 0 Å². The molecule has 2 rings (SSSR count). The number of aryl methyl sites for hydroxylation is 1. The van der Waals surface area contributed by atoms with Gasteiger partial charge in [-0.25, -0.2) is 14.5 Å². The van der Waals surface area contributed by atoms with Gasteiger partial charge in [0.1, 0.15) is 6.33 Å². The van der Waals surface area contributed by atoms with E-state index in [1.807, 2.05) is 31.2 Å². The van der Waals surface area contributed by atoms with Crippen LogP contribution in [0, 0.1) is 6.92 Å². The number of aromatic carboxylic acids is 1. The van der Waals surface area contributed by atoms with Gasteiger partial charge < -0.3 is 5.11 Å². The van der Waals surface area contributed by atoms with Gasteiger partial charge in [-0.2, -0.15) is 0 Å². The third-order valence-electron chi connectivity index (χ3n) is 2.05. The number of carboxylic acid groups (broad SMARTS) is 1. The van der Waals surface area contributed by atoms with E-state index in [1.165, 1.54) is 11.0 Å². The molecule has 0 amide bonds. The van der Waals surface area contributed by atoms with Gasteiger partial charge >= 0.3 is 5.97 Å². The van der Waals surface area contributed by atoms with Gasteiger partial charge in [0.2, 0.25) is 0 Å². The van der Waals surface area contributed by atoms with Gasteiger partial charge in [0, 0.05) is 0 Å². The van der Waals surface area contributed by atoms with Crippen LogP contribution in [-0.2, 0) is 0 Å². The van der Waals surface area contributed by atoms with Crippen molar-refractivity contribution in [1.82, 2.24) is 14.8 Å². The predicted octanol–water partition coefficient (Wildman–Crippen LogP) is 1.27. The first-order valence-corrected chi connectivity index (χ1v) is 4.39. The standard InChI is InChI=1S/C10H9N3O2/c1-7-4-2-3-5-8(7)13-6-11-9(12-13)10(14)15/h2-6H,1H3,(H,14,15). The van der Waals surface area contributed by atoms with Gasteiger partial charge in [-0.15, -0.1) is 5.10 Å². The molecule has 0 saturated carbocycles. The summed E-state index contributed by atoms with van der Waals surface area (Å²) in [4.78, 5) is 14.3. The van der Waals surface area contributed by atoms with Gasteiger partial charge in [0.15, 0.2) is 0 Å². The van der Waals surface area contributed by atoms with Crippen molar-refractivity contribution in [3.8, 4) is 5.69 Å². The topological polar surface area (TPSA) is 68.0 Å². The number of nitrogens with zero attached hydrogens (tertiary/aromatic N) is 3. The zero-order valence-electron chi connectivity index (χ0n) is 8.08. The van der Waals surface area contributed by atoms with E-state index < -0.39 is 5.97 Å². The second-order valence-corrected chi connectivity index (χ2v) is 3.10. The van der Waals surface area contributed by atoms with Gasteiger partial charge in [0.05, 0.1) is 5.69 Å². The second kappa shape index (κ2) is 3.53. The van der Waals surface area contributed by atoms with Crippen LogP contribution in [0.25, 0.3) is 5.69 Å². The van der Waals surface area contributed by atoms with Crippen LogP contribution in [0.2, 0.25) is 0 Å². The number of hydrogen-bond acceptors (Lipinski definition) is 3. The first-order valence-electron chi connectivity index (χ1n) is 4.39. The first kappa shape index (κ1) is 9.39. The molecule has 0 aliphatic carbocycles. The smallest absolute Gasteiger partial charge is 0.375 e. The number of benzene rings is 1. The van der Waals surface area contributed by atoms with Crippen molar-refractivity contribution in [3.05, 3.63) is 42.0 Å². The van der Waals surface area contributed by atoms with Gasteiger partial charge in [-0.05, 0) is 18.6 Å². The molecule has 0 radical (unpaired) electrons. The number of carbonyl (C=O) groups is 1. The fraction of sp³-hybridized carbons (Fsp3) is 0.100. The number of para-hydroxylation sites is 1. The number of hydrogen-bond donors (Lipinski definition) is 1. The average Bonchev–Trinajstić information content (AvgIpc) is 2.67. The molecule has 1 aromatic heterocycles. The van der Waals surface area contributed by atoms with E-state index in [4.69, 9.17) is 5.11 Å². The number of rotatable bonds is 2. The Morgan fingerprint density at radius 1 is 1.40 bits per heavy atom. The summed E-state index contributed by atoms with van der Waals surface area (Å²) in [7, 11) is 0. The van der Waals surface area contributed by atoms with Gasteiger partial charge in [-0.1, -0.05) is 18.2 Å². The van der Waals surface area contributed by atoms with Gasteiger partial charge in [0.25, 0.3) is 5.82 Å². The highest BCUT2D eigenvalue weighted by Crippen LogP contribution is 2.11. The highest BCUT2D eigenvalue weighted by Gasteiger charge is 2.10. The molecular weight excluding hydrogens is 194 g/mol. The molecule has 1 N–H and O–H groups in total. The molecule has 0 bridgehead atoms. The highest BCUT2D eigenvalue weighted by atomic mass is 16.4. The Labute approximate surface area is 86.0 Å². The second-order valence-electron chi connectivity index (χ2n) is 3.10.